The molecular formula is C23H40N6. The van der Waals surface area contributed by atoms with Crippen LogP contribution in [0.15, 0.2) is 29.4 Å². The average molecular weight is 401 g/mol. The Morgan fingerprint density at radius 1 is 1.17 bits per heavy atom. The molecule has 6 nitrogen and oxygen atoms in total. The van der Waals surface area contributed by atoms with E-state index in [-0.39, 0.29) is 0 Å². The molecule has 162 valence electrons. The molecule has 3 rings (SSSR count). The first-order valence-electron chi connectivity index (χ1n) is 11.4. The van der Waals surface area contributed by atoms with Gasteiger partial charge in [0.25, 0.3) is 0 Å². The molecule has 1 atom stereocenters. The Hall–Kier alpha value is -1.66. The van der Waals surface area contributed by atoms with E-state index in [9.17, 15) is 0 Å². The zero-order valence-electron chi connectivity index (χ0n) is 18.6. The average Bonchev–Trinajstić information content (AvgIpc) is 2.73. The second kappa shape index (κ2) is 11.5. The lowest BCUT2D eigenvalue weighted by molar-refractivity contribution is 0.159. The number of rotatable bonds is 7. The fourth-order valence-corrected chi connectivity index (χ4v) is 4.59. The zero-order valence-corrected chi connectivity index (χ0v) is 18.6. The molecule has 2 saturated heterocycles. The van der Waals surface area contributed by atoms with Gasteiger partial charge in [0.15, 0.2) is 5.96 Å². The predicted octanol–water partition coefficient (Wildman–Crippen LogP) is 2.58. The Balaban J connectivity index is 1.36. The number of piperidine rings is 2. The van der Waals surface area contributed by atoms with Gasteiger partial charge in [-0.25, -0.2) is 0 Å². The van der Waals surface area contributed by atoms with Gasteiger partial charge in [0.1, 0.15) is 0 Å². The van der Waals surface area contributed by atoms with E-state index in [1.54, 1.807) is 0 Å². The molecule has 2 fully saturated rings. The Morgan fingerprint density at radius 2 is 2.00 bits per heavy atom. The highest BCUT2D eigenvalue weighted by Gasteiger charge is 2.22. The number of hydrogen-bond donors (Lipinski definition) is 2. The molecular weight excluding hydrogens is 360 g/mol. The van der Waals surface area contributed by atoms with Gasteiger partial charge in [-0.05, 0) is 56.2 Å². The predicted molar refractivity (Wildman–Crippen MR) is 121 cm³/mol. The van der Waals surface area contributed by atoms with Crippen LogP contribution in [0.5, 0.6) is 0 Å². The number of aromatic nitrogens is 1. The zero-order chi connectivity index (χ0) is 20.5. The molecule has 0 aromatic carbocycles. The normalized spacial score (nSPS) is 22.8. The number of nitrogens with one attached hydrogen (secondary N) is 2. The number of guanidine groups is 1. The molecule has 0 aliphatic carbocycles. The van der Waals surface area contributed by atoms with Gasteiger partial charge in [-0.1, -0.05) is 19.9 Å². The van der Waals surface area contributed by atoms with E-state index in [1.165, 1.54) is 32.5 Å². The van der Waals surface area contributed by atoms with Crippen molar-refractivity contribution in [2.24, 2.45) is 16.8 Å². The van der Waals surface area contributed by atoms with Crippen LogP contribution in [-0.2, 0) is 6.54 Å². The summed E-state index contributed by atoms with van der Waals surface area (Å²) in [5, 5.41) is 7.26. The molecule has 1 aromatic heterocycles. The minimum Gasteiger partial charge on any atom is -0.356 e. The fraction of sp³-hybridized carbons (Fsp3) is 0.739. The van der Waals surface area contributed by atoms with E-state index < -0.39 is 0 Å². The van der Waals surface area contributed by atoms with E-state index in [0.717, 1.165) is 62.5 Å². The van der Waals surface area contributed by atoms with E-state index in [0.29, 0.717) is 6.04 Å². The lowest BCUT2D eigenvalue weighted by Crippen LogP contribution is -2.50. The van der Waals surface area contributed by atoms with Crippen molar-refractivity contribution in [2.45, 2.75) is 52.1 Å². The summed E-state index contributed by atoms with van der Waals surface area (Å²) in [6.45, 7) is 12.5. The minimum absolute atomic E-state index is 0.505. The second-order valence-electron chi connectivity index (χ2n) is 9.13. The number of pyridine rings is 1. The van der Waals surface area contributed by atoms with Crippen LogP contribution in [-0.4, -0.2) is 73.1 Å². The van der Waals surface area contributed by atoms with Crippen molar-refractivity contribution in [3.63, 3.8) is 0 Å². The minimum atomic E-state index is 0.505. The van der Waals surface area contributed by atoms with Crippen molar-refractivity contribution in [1.82, 2.24) is 25.4 Å². The van der Waals surface area contributed by atoms with Crippen LogP contribution in [0.4, 0.5) is 0 Å². The van der Waals surface area contributed by atoms with Crippen molar-refractivity contribution >= 4 is 5.96 Å². The van der Waals surface area contributed by atoms with Crippen LogP contribution in [0.25, 0.3) is 0 Å². The molecule has 0 amide bonds. The third-order valence-electron chi connectivity index (χ3n) is 6.05. The van der Waals surface area contributed by atoms with Crippen molar-refractivity contribution in [1.29, 1.82) is 0 Å². The first-order valence-corrected chi connectivity index (χ1v) is 11.4. The second-order valence-corrected chi connectivity index (χ2v) is 9.13. The summed E-state index contributed by atoms with van der Waals surface area (Å²) >= 11 is 0. The number of hydrogen-bond acceptors (Lipinski definition) is 4. The van der Waals surface area contributed by atoms with Gasteiger partial charge in [-0.3, -0.25) is 14.9 Å². The first kappa shape index (κ1) is 22.0. The highest BCUT2D eigenvalue weighted by Crippen LogP contribution is 2.17. The number of nitrogens with zero attached hydrogens (tertiary/aromatic N) is 4. The van der Waals surface area contributed by atoms with E-state index >= 15 is 0 Å². The Labute approximate surface area is 177 Å². The quantitative estimate of drug-likeness (QED) is 0.544. The van der Waals surface area contributed by atoms with E-state index in [2.05, 4.69) is 56.4 Å². The van der Waals surface area contributed by atoms with Gasteiger partial charge in [0.2, 0.25) is 0 Å². The standard InChI is InChI=1S/C23H40N6/c1-19(2)16-29-12-6-7-20(17-29)15-26-23(24-3)27-21-9-13-28(14-10-21)18-22-8-4-5-11-25-22/h4-5,8,11,19-21H,6-7,9-10,12-18H2,1-3H3,(H2,24,26,27). The molecule has 0 radical (unpaired) electrons. The number of aliphatic imine (C=N–C) groups is 1. The molecule has 2 N–H and O–H groups in total. The van der Waals surface area contributed by atoms with Crippen LogP contribution in [0, 0.1) is 11.8 Å². The Morgan fingerprint density at radius 3 is 2.69 bits per heavy atom. The maximum absolute atomic E-state index is 4.48. The van der Waals surface area contributed by atoms with Crippen molar-refractivity contribution in [3.05, 3.63) is 30.1 Å². The maximum atomic E-state index is 4.48. The first-order chi connectivity index (χ1) is 14.1. The van der Waals surface area contributed by atoms with E-state index in [4.69, 9.17) is 0 Å². The molecule has 2 aliphatic rings. The fourth-order valence-electron chi connectivity index (χ4n) is 4.59. The molecule has 1 unspecified atom stereocenters. The van der Waals surface area contributed by atoms with Crippen LogP contribution < -0.4 is 10.6 Å². The summed E-state index contributed by atoms with van der Waals surface area (Å²) < 4.78 is 0. The highest BCUT2D eigenvalue weighted by atomic mass is 15.2. The van der Waals surface area contributed by atoms with Gasteiger partial charge in [-0.2, -0.15) is 0 Å². The molecule has 0 spiro atoms. The molecule has 2 aliphatic heterocycles. The number of likely N-dealkylation sites (tertiary alicyclic amines) is 2. The molecule has 0 bridgehead atoms. The summed E-state index contributed by atoms with van der Waals surface area (Å²) in [6.07, 6.45) is 6.83. The molecule has 0 saturated carbocycles. The monoisotopic (exact) mass is 400 g/mol. The van der Waals surface area contributed by atoms with Crippen LogP contribution in [0.2, 0.25) is 0 Å². The largest absolute Gasteiger partial charge is 0.356 e. The van der Waals surface area contributed by atoms with Gasteiger partial charge >= 0.3 is 0 Å². The molecule has 29 heavy (non-hydrogen) atoms. The molecule has 1 aromatic rings. The van der Waals surface area contributed by atoms with Crippen molar-refractivity contribution < 1.29 is 0 Å². The van der Waals surface area contributed by atoms with Crippen molar-refractivity contribution in [2.75, 3.05) is 46.3 Å². The van der Waals surface area contributed by atoms with Crippen molar-refractivity contribution in [3.8, 4) is 0 Å². The van der Waals surface area contributed by atoms with Gasteiger partial charge in [0.05, 0.1) is 5.69 Å². The summed E-state index contributed by atoms with van der Waals surface area (Å²) in [5.41, 5.74) is 1.16. The van der Waals surface area contributed by atoms with Crippen LogP contribution in [0.1, 0.15) is 45.2 Å². The van der Waals surface area contributed by atoms with Gasteiger partial charge in [0, 0.05) is 58.6 Å². The van der Waals surface area contributed by atoms with Gasteiger partial charge in [-0.15, -0.1) is 0 Å². The molecule has 3 heterocycles. The molecule has 6 heteroatoms. The highest BCUT2D eigenvalue weighted by molar-refractivity contribution is 5.79. The summed E-state index contributed by atoms with van der Waals surface area (Å²) in [6, 6.07) is 6.67. The lowest BCUT2D eigenvalue weighted by Gasteiger charge is -2.35. The lowest BCUT2D eigenvalue weighted by atomic mass is 9.97. The van der Waals surface area contributed by atoms with Crippen LogP contribution in [0.3, 0.4) is 0 Å². The third-order valence-corrected chi connectivity index (χ3v) is 6.05. The van der Waals surface area contributed by atoms with E-state index in [1.807, 2.05) is 19.3 Å². The topological polar surface area (TPSA) is 55.8 Å². The van der Waals surface area contributed by atoms with Crippen LogP contribution >= 0.6 is 0 Å². The smallest absolute Gasteiger partial charge is 0.191 e. The Bertz CT molecular complexity index is 609. The summed E-state index contributed by atoms with van der Waals surface area (Å²) in [7, 11) is 1.89. The van der Waals surface area contributed by atoms with Gasteiger partial charge < -0.3 is 15.5 Å². The summed E-state index contributed by atoms with van der Waals surface area (Å²) in [5.74, 6) is 2.44. The SMILES string of the molecule is CN=C(NCC1CCCN(CC(C)C)C1)NC1CCN(Cc2ccccn2)CC1. The third kappa shape index (κ3) is 7.59. The Kier molecular flexibility index (Phi) is 8.74. The maximum Gasteiger partial charge on any atom is 0.191 e. The summed E-state index contributed by atoms with van der Waals surface area (Å²) in [4.78, 5) is 14.1.